The maximum absolute atomic E-state index is 11.9. The third-order valence-electron chi connectivity index (χ3n) is 5.53. The Kier molecular flexibility index (Phi) is 11.6. The third kappa shape index (κ3) is 7.75. The number of piperidine rings is 2. The molecule has 0 radical (unpaired) electrons. The molecule has 7 heteroatoms. The summed E-state index contributed by atoms with van der Waals surface area (Å²) in [4.78, 5) is 21.8. The van der Waals surface area contributed by atoms with E-state index in [1.54, 1.807) is 0 Å². The third-order valence-corrected chi connectivity index (χ3v) is 5.53. The van der Waals surface area contributed by atoms with Crippen molar-refractivity contribution in [1.29, 1.82) is 0 Å². The Hall–Kier alpha value is -0.570. The number of ether oxygens (including phenoxy) is 1. The van der Waals surface area contributed by atoms with Crippen LogP contribution in [0.3, 0.4) is 0 Å². The standard InChI is InChI=1S/C20H38N4O2.HI/c1-5-21-20(22-14-17-8-7-11-24(15-17)16(3)4)23-12-9-18(10-13-23)19(25)26-6-2;/h16-18H,5-15H2,1-4H3,(H,21,22);1H. The summed E-state index contributed by atoms with van der Waals surface area (Å²) in [5, 5.41) is 3.44. The van der Waals surface area contributed by atoms with Gasteiger partial charge in [0.2, 0.25) is 0 Å². The molecule has 2 fully saturated rings. The van der Waals surface area contributed by atoms with Crippen LogP contribution in [0.2, 0.25) is 0 Å². The fourth-order valence-corrected chi connectivity index (χ4v) is 3.94. The van der Waals surface area contributed by atoms with Gasteiger partial charge in [-0.05, 0) is 65.8 Å². The number of nitrogens with zero attached hydrogens (tertiary/aromatic N) is 3. The number of carbonyl (C=O) groups is 1. The van der Waals surface area contributed by atoms with E-state index in [-0.39, 0.29) is 35.9 Å². The molecule has 27 heavy (non-hydrogen) atoms. The van der Waals surface area contributed by atoms with Gasteiger partial charge in [-0.3, -0.25) is 9.79 Å². The van der Waals surface area contributed by atoms with Gasteiger partial charge in [-0.1, -0.05) is 0 Å². The smallest absolute Gasteiger partial charge is 0.309 e. The lowest BCUT2D eigenvalue weighted by Gasteiger charge is -2.36. The molecule has 0 aromatic carbocycles. The zero-order valence-corrected chi connectivity index (χ0v) is 19.9. The van der Waals surface area contributed by atoms with Crippen molar-refractivity contribution >= 4 is 35.9 Å². The first kappa shape index (κ1) is 24.5. The summed E-state index contributed by atoms with van der Waals surface area (Å²) in [6.07, 6.45) is 4.26. The summed E-state index contributed by atoms with van der Waals surface area (Å²) in [5.41, 5.74) is 0. The zero-order valence-electron chi connectivity index (χ0n) is 17.6. The van der Waals surface area contributed by atoms with Crippen molar-refractivity contribution in [2.45, 2.75) is 59.4 Å². The van der Waals surface area contributed by atoms with Gasteiger partial charge in [0, 0.05) is 38.8 Å². The van der Waals surface area contributed by atoms with Gasteiger partial charge >= 0.3 is 5.97 Å². The Morgan fingerprint density at radius 3 is 2.48 bits per heavy atom. The van der Waals surface area contributed by atoms with Crippen LogP contribution in [0.15, 0.2) is 4.99 Å². The minimum Gasteiger partial charge on any atom is -0.466 e. The number of hydrogen-bond donors (Lipinski definition) is 1. The molecule has 158 valence electrons. The Labute approximate surface area is 182 Å². The zero-order chi connectivity index (χ0) is 18.9. The van der Waals surface area contributed by atoms with Gasteiger partial charge in [-0.25, -0.2) is 0 Å². The largest absolute Gasteiger partial charge is 0.466 e. The van der Waals surface area contributed by atoms with E-state index in [0.29, 0.717) is 18.6 Å². The van der Waals surface area contributed by atoms with Gasteiger partial charge in [-0.15, -0.1) is 24.0 Å². The second-order valence-electron chi connectivity index (χ2n) is 7.80. The maximum atomic E-state index is 11.9. The molecule has 0 amide bonds. The molecule has 1 unspecified atom stereocenters. The molecule has 0 bridgehead atoms. The SMILES string of the molecule is CCNC(=NCC1CCCN(C(C)C)C1)N1CCC(C(=O)OCC)CC1.I. The summed E-state index contributed by atoms with van der Waals surface area (Å²) < 4.78 is 5.17. The Bertz CT molecular complexity index is 465. The van der Waals surface area contributed by atoms with Crippen molar-refractivity contribution in [3.63, 3.8) is 0 Å². The molecular weight excluding hydrogens is 455 g/mol. The Morgan fingerprint density at radius 2 is 1.89 bits per heavy atom. The molecule has 0 aromatic heterocycles. The normalized spacial score (nSPS) is 22.5. The number of likely N-dealkylation sites (tertiary alicyclic amines) is 2. The number of guanidine groups is 1. The first-order valence-electron chi connectivity index (χ1n) is 10.5. The molecule has 0 aromatic rings. The highest BCUT2D eigenvalue weighted by molar-refractivity contribution is 14.0. The van der Waals surface area contributed by atoms with Crippen LogP contribution >= 0.6 is 24.0 Å². The fraction of sp³-hybridized carbons (Fsp3) is 0.900. The van der Waals surface area contributed by atoms with Crippen LogP contribution in [0.4, 0.5) is 0 Å². The number of hydrogen-bond acceptors (Lipinski definition) is 4. The molecule has 2 rings (SSSR count). The summed E-state index contributed by atoms with van der Waals surface area (Å²) >= 11 is 0. The molecule has 1 atom stereocenters. The molecule has 0 spiro atoms. The summed E-state index contributed by atoms with van der Waals surface area (Å²) in [6, 6.07) is 0.622. The highest BCUT2D eigenvalue weighted by Gasteiger charge is 2.28. The molecule has 6 nitrogen and oxygen atoms in total. The first-order chi connectivity index (χ1) is 12.5. The average molecular weight is 494 g/mol. The van der Waals surface area contributed by atoms with Crippen LogP contribution in [-0.2, 0) is 9.53 Å². The molecule has 2 saturated heterocycles. The van der Waals surface area contributed by atoms with Gasteiger partial charge in [-0.2, -0.15) is 0 Å². The number of aliphatic imine (C=N–C) groups is 1. The predicted molar refractivity (Wildman–Crippen MR) is 122 cm³/mol. The number of rotatable bonds is 6. The minimum absolute atomic E-state index is 0. The lowest BCUT2D eigenvalue weighted by Crippen LogP contribution is -2.47. The average Bonchev–Trinajstić information content (AvgIpc) is 2.65. The van der Waals surface area contributed by atoms with Crippen molar-refractivity contribution in [1.82, 2.24) is 15.1 Å². The van der Waals surface area contributed by atoms with E-state index in [9.17, 15) is 4.79 Å². The number of nitrogens with one attached hydrogen (secondary N) is 1. The predicted octanol–water partition coefficient (Wildman–Crippen LogP) is 2.97. The molecular formula is C20H39IN4O2. The van der Waals surface area contributed by atoms with Crippen LogP contribution in [0.5, 0.6) is 0 Å². The number of carbonyl (C=O) groups excluding carboxylic acids is 1. The topological polar surface area (TPSA) is 57.2 Å². The van der Waals surface area contributed by atoms with E-state index in [1.807, 2.05) is 6.92 Å². The van der Waals surface area contributed by atoms with Crippen LogP contribution in [0.25, 0.3) is 0 Å². The summed E-state index contributed by atoms with van der Waals surface area (Å²) in [7, 11) is 0. The van der Waals surface area contributed by atoms with Crippen molar-refractivity contribution in [3.8, 4) is 0 Å². The Morgan fingerprint density at radius 1 is 1.19 bits per heavy atom. The highest BCUT2D eigenvalue weighted by atomic mass is 127. The minimum atomic E-state index is -0.0370. The van der Waals surface area contributed by atoms with Gasteiger partial charge in [0.15, 0.2) is 5.96 Å². The number of esters is 1. The van der Waals surface area contributed by atoms with Crippen LogP contribution in [0.1, 0.15) is 53.4 Å². The van der Waals surface area contributed by atoms with Crippen LogP contribution < -0.4 is 5.32 Å². The summed E-state index contributed by atoms with van der Waals surface area (Å²) in [5.74, 6) is 1.67. The maximum Gasteiger partial charge on any atom is 0.309 e. The molecule has 2 heterocycles. The second kappa shape index (κ2) is 12.8. The lowest BCUT2D eigenvalue weighted by atomic mass is 9.97. The van der Waals surface area contributed by atoms with Crippen molar-refractivity contribution in [3.05, 3.63) is 0 Å². The van der Waals surface area contributed by atoms with E-state index in [1.165, 1.54) is 19.4 Å². The van der Waals surface area contributed by atoms with Crippen molar-refractivity contribution in [2.75, 3.05) is 45.9 Å². The molecule has 2 aliphatic rings. The van der Waals surface area contributed by atoms with E-state index < -0.39 is 0 Å². The molecule has 2 aliphatic heterocycles. The van der Waals surface area contributed by atoms with Crippen molar-refractivity contribution in [2.24, 2.45) is 16.8 Å². The molecule has 1 N–H and O–H groups in total. The molecule has 0 saturated carbocycles. The second-order valence-corrected chi connectivity index (χ2v) is 7.80. The number of halogens is 1. The lowest BCUT2D eigenvalue weighted by molar-refractivity contribution is -0.149. The van der Waals surface area contributed by atoms with E-state index >= 15 is 0 Å². The van der Waals surface area contributed by atoms with E-state index in [0.717, 1.165) is 51.5 Å². The van der Waals surface area contributed by atoms with Crippen LogP contribution in [-0.4, -0.2) is 73.6 Å². The molecule has 0 aliphatic carbocycles. The fourth-order valence-electron chi connectivity index (χ4n) is 3.94. The quantitative estimate of drug-likeness (QED) is 0.266. The van der Waals surface area contributed by atoms with Gasteiger partial charge in [0.25, 0.3) is 0 Å². The Balaban J connectivity index is 0.00000364. The highest BCUT2D eigenvalue weighted by Crippen LogP contribution is 2.21. The van der Waals surface area contributed by atoms with Gasteiger partial charge in [0.1, 0.15) is 0 Å². The van der Waals surface area contributed by atoms with Crippen LogP contribution in [0, 0.1) is 11.8 Å². The van der Waals surface area contributed by atoms with E-state index in [2.05, 4.69) is 35.9 Å². The summed E-state index contributed by atoms with van der Waals surface area (Å²) in [6.45, 7) is 14.9. The van der Waals surface area contributed by atoms with Gasteiger partial charge in [0.05, 0.1) is 12.5 Å². The first-order valence-corrected chi connectivity index (χ1v) is 10.5. The van der Waals surface area contributed by atoms with E-state index in [4.69, 9.17) is 9.73 Å². The monoisotopic (exact) mass is 494 g/mol. The van der Waals surface area contributed by atoms with Gasteiger partial charge < -0.3 is 19.9 Å². The van der Waals surface area contributed by atoms with Crippen molar-refractivity contribution < 1.29 is 9.53 Å².